The number of nitrogens with zero attached hydrogens (tertiary/aromatic N) is 3. The van der Waals surface area contributed by atoms with Crippen molar-refractivity contribution >= 4 is 22.4 Å². The number of aromatic nitrogens is 2. The summed E-state index contributed by atoms with van der Waals surface area (Å²) in [7, 11) is 0. The smallest absolute Gasteiger partial charge is 0.310 e. The summed E-state index contributed by atoms with van der Waals surface area (Å²) in [5, 5.41) is 13.5. The van der Waals surface area contributed by atoms with Crippen LogP contribution in [0.5, 0.6) is 0 Å². The number of hydrogen-bond acceptors (Lipinski definition) is 7. The first kappa shape index (κ1) is 16.2. The van der Waals surface area contributed by atoms with Crippen LogP contribution in [0.1, 0.15) is 38.1 Å². The number of ether oxygens (including phenoxy) is 1. The lowest BCUT2D eigenvalue weighted by Crippen LogP contribution is -2.38. The summed E-state index contributed by atoms with van der Waals surface area (Å²) < 4.78 is 5.13. The van der Waals surface area contributed by atoms with Gasteiger partial charge in [0.1, 0.15) is 5.01 Å². The van der Waals surface area contributed by atoms with Crippen LogP contribution in [0.3, 0.4) is 0 Å². The zero-order valence-electron chi connectivity index (χ0n) is 12.8. The monoisotopic (exact) mass is 312 g/mol. The van der Waals surface area contributed by atoms with Crippen LogP contribution in [0.2, 0.25) is 0 Å². The molecular formula is C14H24N4O2S. The van der Waals surface area contributed by atoms with Gasteiger partial charge >= 0.3 is 5.97 Å². The van der Waals surface area contributed by atoms with Gasteiger partial charge in [0.2, 0.25) is 5.13 Å². The Kier molecular flexibility index (Phi) is 6.38. The molecule has 1 aliphatic heterocycles. The van der Waals surface area contributed by atoms with Gasteiger partial charge in [-0.05, 0) is 32.7 Å². The Morgan fingerprint density at radius 3 is 3.10 bits per heavy atom. The molecule has 6 nitrogen and oxygen atoms in total. The number of rotatable bonds is 7. The first-order valence-electron chi connectivity index (χ1n) is 7.68. The van der Waals surface area contributed by atoms with Crippen molar-refractivity contribution in [3.8, 4) is 0 Å². The minimum atomic E-state index is -0.0650. The van der Waals surface area contributed by atoms with E-state index in [-0.39, 0.29) is 11.9 Å². The van der Waals surface area contributed by atoms with Gasteiger partial charge in [-0.2, -0.15) is 0 Å². The second-order valence-electron chi connectivity index (χ2n) is 5.25. The van der Waals surface area contributed by atoms with Crippen LogP contribution in [-0.4, -0.2) is 47.3 Å². The topological polar surface area (TPSA) is 67.4 Å². The van der Waals surface area contributed by atoms with Gasteiger partial charge in [0.05, 0.1) is 19.1 Å². The van der Waals surface area contributed by atoms with E-state index in [4.69, 9.17) is 4.74 Å². The second kappa shape index (κ2) is 8.29. The van der Waals surface area contributed by atoms with Gasteiger partial charge in [-0.25, -0.2) is 0 Å². The van der Waals surface area contributed by atoms with Crippen LogP contribution < -0.4 is 5.32 Å². The van der Waals surface area contributed by atoms with Crippen molar-refractivity contribution in [3.63, 3.8) is 0 Å². The zero-order chi connectivity index (χ0) is 15.1. The fourth-order valence-corrected chi connectivity index (χ4v) is 3.27. The minimum absolute atomic E-state index is 0.00399. The summed E-state index contributed by atoms with van der Waals surface area (Å²) in [4.78, 5) is 14.1. The number of esters is 1. The Morgan fingerprint density at radius 2 is 2.33 bits per heavy atom. The van der Waals surface area contributed by atoms with Crippen molar-refractivity contribution in [2.24, 2.45) is 5.92 Å². The highest BCUT2D eigenvalue weighted by molar-refractivity contribution is 7.15. The summed E-state index contributed by atoms with van der Waals surface area (Å²) in [5.41, 5.74) is 0. The SMILES string of the molecule is CCCNc1nnc(CN2CCCC(C(=O)OCC)C2)s1. The number of carbonyl (C=O) groups excluding carboxylic acids is 1. The fraction of sp³-hybridized carbons (Fsp3) is 0.786. The quantitative estimate of drug-likeness (QED) is 0.778. The van der Waals surface area contributed by atoms with Crippen LogP contribution in [0, 0.1) is 5.92 Å². The van der Waals surface area contributed by atoms with Crippen molar-refractivity contribution < 1.29 is 9.53 Å². The molecule has 0 radical (unpaired) electrons. The lowest BCUT2D eigenvalue weighted by Gasteiger charge is -2.30. The van der Waals surface area contributed by atoms with Crippen LogP contribution in [0.15, 0.2) is 0 Å². The highest BCUT2D eigenvalue weighted by Crippen LogP contribution is 2.22. The molecule has 1 N–H and O–H groups in total. The molecule has 1 unspecified atom stereocenters. The van der Waals surface area contributed by atoms with Crippen LogP contribution in [0.4, 0.5) is 5.13 Å². The molecule has 7 heteroatoms. The van der Waals surface area contributed by atoms with E-state index in [1.807, 2.05) is 6.92 Å². The highest BCUT2D eigenvalue weighted by atomic mass is 32.1. The number of nitrogens with one attached hydrogen (secondary N) is 1. The van der Waals surface area contributed by atoms with E-state index in [1.54, 1.807) is 11.3 Å². The van der Waals surface area contributed by atoms with E-state index in [0.29, 0.717) is 6.61 Å². The number of likely N-dealkylation sites (tertiary alicyclic amines) is 1. The summed E-state index contributed by atoms with van der Waals surface area (Å²) >= 11 is 1.60. The number of hydrogen-bond donors (Lipinski definition) is 1. The Labute approximate surface area is 129 Å². The van der Waals surface area contributed by atoms with Gasteiger partial charge in [0, 0.05) is 13.1 Å². The number of carbonyl (C=O) groups is 1. The van der Waals surface area contributed by atoms with E-state index in [0.717, 1.165) is 55.6 Å². The summed E-state index contributed by atoms with van der Waals surface area (Å²) in [6, 6.07) is 0. The van der Waals surface area contributed by atoms with Crippen LogP contribution in [0.25, 0.3) is 0 Å². The molecule has 0 saturated carbocycles. The fourth-order valence-electron chi connectivity index (χ4n) is 2.46. The van der Waals surface area contributed by atoms with Gasteiger partial charge in [-0.1, -0.05) is 18.3 Å². The third kappa shape index (κ3) is 4.93. The molecule has 1 aliphatic rings. The van der Waals surface area contributed by atoms with Crippen LogP contribution in [-0.2, 0) is 16.1 Å². The lowest BCUT2D eigenvalue weighted by molar-refractivity contribution is -0.150. The average molecular weight is 312 g/mol. The van der Waals surface area contributed by atoms with Gasteiger partial charge in [0.25, 0.3) is 0 Å². The molecule has 1 atom stereocenters. The third-order valence-corrected chi connectivity index (χ3v) is 4.34. The van der Waals surface area contributed by atoms with E-state index in [2.05, 4.69) is 27.3 Å². The normalized spacial score (nSPS) is 19.4. The van der Waals surface area contributed by atoms with Gasteiger partial charge in [-0.15, -0.1) is 10.2 Å². The molecule has 0 amide bonds. The van der Waals surface area contributed by atoms with Crippen molar-refractivity contribution in [2.45, 2.75) is 39.7 Å². The Morgan fingerprint density at radius 1 is 1.48 bits per heavy atom. The molecule has 21 heavy (non-hydrogen) atoms. The molecule has 0 aliphatic carbocycles. The maximum atomic E-state index is 11.8. The van der Waals surface area contributed by atoms with Crippen LogP contribution >= 0.6 is 11.3 Å². The van der Waals surface area contributed by atoms with E-state index >= 15 is 0 Å². The van der Waals surface area contributed by atoms with Crippen molar-refractivity contribution in [1.29, 1.82) is 0 Å². The Bertz CT molecular complexity index is 452. The number of anilines is 1. The van der Waals surface area contributed by atoms with Gasteiger partial charge in [0.15, 0.2) is 0 Å². The molecule has 1 aromatic heterocycles. The summed E-state index contributed by atoms with van der Waals surface area (Å²) in [5.74, 6) is -0.0610. The van der Waals surface area contributed by atoms with Crippen molar-refractivity contribution in [2.75, 3.05) is 31.6 Å². The summed E-state index contributed by atoms with van der Waals surface area (Å²) in [6.07, 6.45) is 3.03. The standard InChI is InChI=1S/C14H24N4O2S/c1-3-7-15-14-17-16-12(21-14)10-18-8-5-6-11(9-18)13(19)20-4-2/h11H,3-10H2,1-2H3,(H,15,17). The first-order chi connectivity index (χ1) is 10.2. The largest absolute Gasteiger partial charge is 0.466 e. The Balaban J connectivity index is 1.84. The molecule has 2 rings (SSSR count). The zero-order valence-corrected chi connectivity index (χ0v) is 13.6. The predicted molar refractivity (Wildman–Crippen MR) is 83.3 cm³/mol. The molecule has 0 bridgehead atoms. The van der Waals surface area contributed by atoms with Crippen molar-refractivity contribution in [1.82, 2.24) is 15.1 Å². The van der Waals surface area contributed by atoms with E-state index in [1.165, 1.54) is 0 Å². The predicted octanol–water partition coefficient (Wildman–Crippen LogP) is 2.14. The van der Waals surface area contributed by atoms with Crippen molar-refractivity contribution in [3.05, 3.63) is 5.01 Å². The minimum Gasteiger partial charge on any atom is -0.466 e. The molecule has 1 saturated heterocycles. The molecule has 0 aromatic carbocycles. The molecule has 118 valence electrons. The van der Waals surface area contributed by atoms with E-state index in [9.17, 15) is 4.79 Å². The summed E-state index contributed by atoms with van der Waals surface area (Å²) in [6.45, 7) is 7.88. The molecule has 1 fully saturated rings. The Hall–Kier alpha value is -1.21. The molecule has 1 aromatic rings. The molecular weight excluding hydrogens is 288 g/mol. The first-order valence-corrected chi connectivity index (χ1v) is 8.49. The second-order valence-corrected chi connectivity index (χ2v) is 6.32. The maximum absolute atomic E-state index is 11.8. The highest BCUT2D eigenvalue weighted by Gasteiger charge is 2.27. The van der Waals surface area contributed by atoms with Gasteiger partial charge < -0.3 is 10.1 Å². The molecule has 0 spiro atoms. The van der Waals surface area contributed by atoms with Gasteiger partial charge in [-0.3, -0.25) is 9.69 Å². The number of piperidine rings is 1. The van der Waals surface area contributed by atoms with E-state index < -0.39 is 0 Å². The molecule has 2 heterocycles. The third-order valence-electron chi connectivity index (χ3n) is 3.48. The average Bonchev–Trinajstić information content (AvgIpc) is 2.93. The lowest BCUT2D eigenvalue weighted by atomic mass is 9.98. The maximum Gasteiger partial charge on any atom is 0.310 e.